The Balaban J connectivity index is 1.33. The van der Waals surface area contributed by atoms with Crippen LogP contribution in [0.2, 0.25) is 0 Å². The summed E-state index contributed by atoms with van der Waals surface area (Å²) in [6, 6.07) is 7.62. The van der Waals surface area contributed by atoms with Gasteiger partial charge in [0.15, 0.2) is 0 Å². The van der Waals surface area contributed by atoms with Crippen LogP contribution in [0.3, 0.4) is 0 Å². The van der Waals surface area contributed by atoms with E-state index >= 15 is 0 Å². The fraction of sp³-hybridized carbons (Fsp3) is 0.455. The zero-order chi connectivity index (χ0) is 19.8. The molecule has 7 heteroatoms. The summed E-state index contributed by atoms with van der Waals surface area (Å²) in [5, 5.41) is 3.43. The number of carbonyl (C=O) groups excluding carboxylic acids is 1. The Morgan fingerprint density at radius 3 is 3.03 bits per heavy atom. The summed E-state index contributed by atoms with van der Waals surface area (Å²) in [4.78, 5) is 29.0. The highest BCUT2D eigenvalue weighted by Gasteiger charge is 2.28. The molecule has 5 rings (SSSR count). The SMILES string of the molecule is CC(C(=O)N1CCc2nc(C3CCCNC3)ncc2C1)n1cnc2ccccc21. The third-order valence-electron chi connectivity index (χ3n) is 6.18. The van der Waals surface area contributed by atoms with E-state index in [0.29, 0.717) is 19.0 Å². The molecule has 4 heterocycles. The Hall–Kier alpha value is -2.80. The molecule has 150 valence electrons. The number of imidazole rings is 1. The Morgan fingerprint density at radius 1 is 1.28 bits per heavy atom. The number of hydrogen-bond acceptors (Lipinski definition) is 5. The van der Waals surface area contributed by atoms with Gasteiger partial charge in [0, 0.05) is 43.7 Å². The number of piperidine rings is 1. The molecule has 1 fully saturated rings. The number of para-hydroxylation sites is 2. The van der Waals surface area contributed by atoms with E-state index in [1.807, 2.05) is 46.9 Å². The molecule has 2 atom stereocenters. The van der Waals surface area contributed by atoms with Crippen molar-refractivity contribution in [3.05, 3.63) is 53.9 Å². The number of benzene rings is 1. The molecular formula is C22H26N6O. The van der Waals surface area contributed by atoms with Gasteiger partial charge < -0.3 is 14.8 Å². The maximum atomic E-state index is 13.2. The predicted molar refractivity (Wildman–Crippen MR) is 110 cm³/mol. The van der Waals surface area contributed by atoms with Crippen LogP contribution in [0.25, 0.3) is 11.0 Å². The topological polar surface area (TPSA) is 75.9 Å². The van der Waals surface area contributed by atoms with Crippen LogP contribution in [-0.4, -0.2) is 50.0 Å². The van der Waals surface area contributed by atoms with Crippen LogP contribution < -0.4 is 5.32 Å². The molecule has 7 nitrogen and oxygen atoms in total. The maximum absolute atomic E-state index is 13.2. The number of aromatic nitrogens is 4. The van der Waals surface area contributed by atoms with E-state index in [1.165, 1.54) is 6.42 Å². The minimum absolute atomic E-state index is 0.111. The molecule has 2 unspecified atom stereocenters. The van der Waals surface area contributed by atoms with E-state index in [-0.39, 0.29) is 11.9 Å². The summed E-state index contributed by atoms with van der Waals surface area (Å²) >= 11 is 0. The van der Waals surface area contributed by atoms with Gasteiger partial charge in [0.25, 0.3) is 0 Å². The van der Waals surface area contributed by atoms with Crippen molar-refractivity contribution in [2.24, 2.45) is 0 Å². The molecule has 1 N–H and O–H groups in total. The first kappa shape index (κ1) is 18.2. The first-order valence-corrected chi connectivity index (χ1v) is 10.5. The Morgan fingerprint density at radius 2 is 2.17 bits per heavy atom. The van der Waals surface area contributed by atoms with Crippen LogP contribution in [-0.2, 0) is 17.8 Å². The van der Waals surface area contributed by atoms with Gasteiger partial charge in [-0.15, -0.1) is 0 Å². The molecular weight excluding hydrogens is 364 g/mol. The van der Waals surface area contributed by atoms with E-state index in [0.717, 1.165) is 54.0 Å². The Bertz CT molecular complexity index is 1040. The third kappa shape index (κ3) is 3.40. The highest BCUT2D eigenvalue weighted by Crippen LogP contribution is 2.25. The molecule has 2 aliphatic rings. The summed E-state index contributed by atoms with van der Waals surface area (Å²) in [5.41, 5.74) is 4.07. The van der Waals surface area contributed by atoms with Gasteiger partial charge in [-0.3, -0.25) is 4.79 Å². The lowest BCUT2D eigenvalue weighted by Crippen LogP contribution is -2.40. The molecule has 0 saturated carbocycles. The van der Waals surface area contributed by atoms with Gasteiger partial charge in [0.2, 0.25) is 5.91 Å². The van der Waals surface area contributed by atoms with Crippen molar-refractivity contribution in [1.82, 2.24) is 29.7 Å². The van der Waals surface area contributed by atoms with Crippen LogP contribution in [0.5, 0.6) is 0 Å². The summed E-state index contributed by atoms with van der Waals surface area (Å²) in [6.45, 7) is 5.26. The van der Waals surface area contributed by atoms with Crippen LogP contribution in [0.15, 0.2) is 36.8 Å². The average molecular weight is 390 g/mol. The number of nitrogens with one attached hydrogen (secondary N) is 1. The number of hydrogen-bond donors (Lipinski definition) is 1. The molecule has 0 spiro atoms. The molecule has 0 radical (unpaired) electrons. The Kier molecular flexibility index (Phi) is 4.75. The zero-order valence-electron chi connectivity index (χ0n) is 16.7. The monoisotopic (exact) mass is 390 g/mol. The van der Waals surface area contributed by atoms with E-state index in [4.69, 9.17) is 4.98 Å². The predicted octanol–water partition coefficient (Wildman–Crippen LogP) is 2.44. The normalized spacial score (nSPS) is 20.4. The fourth-order valence-electron chi connectivity index (χ4n) is 4.46. The van der Waals surface area contributed by atoms with Crippen LogP contribution in [0.4, 0.5) is 0 Å². The highest BCUT2D eigenvalue weighted by molar-refractivity contribution is 5.83. The molecule has 2 aromatic heterocycles. The zero-order valence-corrected chi connectivity index (χ0v) is 16.7. The standard InChI is InChI=1S/C22H26N6O/c1-15(28-14-25-19-6-2-3-7-20(19)28)22(29)27-10-8-18-17(13-27)12-24-21(26-18)16-5-4-9-23-11-16/h2-3,6-7,12,14-16,23H,4-5,8-11,13H2,1H3. The second-order valence-electron chi connectivity index (χ2n) is 8.07. The molecule has 3 aromatic rings. The summed E-state index contributed by atoms with van der Waals surface area (Å²) in [6.07, 6.45) is 6.80. The van der Waals surface area contributed by atoms with Crippen molar-refractivity contribution >= 4 is 16.9 Å². The van der Waals surface area contributed by atoms with E-state index < -0.39 is 0 Å². The highest BCUT2D eigenvalue weighted by atomic mass is 16.2. The van der Waals surface area contributed by atoms with Crippen LogP contribution >= 0.6 is 0 Å². The van der Waals surface area contributed by atoms with Gasteiger partial charge in [-0.25, -0.2) is 15.0 Å². The van der Waals surface area contributed by atoms with E-state index in [2.05, 4.69) is 15.3 Å². The number of amides is 1. The van der Waals surface area contributed by atoms with Gasteiger partial charge in [-0.2, -0.15) is 0 Å². The molecule has 2 aliphatic heterocycles. The van der Waals surface area contributed by atoms with Gasteiger partial charge in [0.05, 0.1) is 23.1 Å². The number of fused-ring (bicyclic) bond motifs is 2. The van der Waals surface area contributed by atoms with Crippen molar-refractivity contribution in [2.45, 2.75) is 44.7 Å². The average Bonchev–Trinajstić information content (AvgIpc) is 3.22. The van der Waals surface area contributed by atoms with Crippen LogP contribution in [0, 0.1) is 0 Å². The first-order chi connectivity index (χ1) is 14.2. The van der Waals surface area contributed by atoms with E-state index in [1.54, 1.807) is 6.33 Å². The summed E-state index contributed by atoms with van der Waals surface area (Å²) < 4.78 is 1.96. The fourth-order valence-corrected chi connectivity index (χ4v) is 4.46. The summed E-state index contributed by atoms with van der Waals surface area (Å²) in [5.74, 6) is 1.47. The molecule has 29 heavy (non-hydrogen) atoms. The quantitative estimate of drug-likeness (QED) is 0.743. The second kappa shape index (κ2) is 7.55. The number of carbonyl (C=O) groups is 1. The molecule has 1 saturated heterocycles. The second-order valence-corrected chi connectivity index (χ2v) is 8.07. The third-order valence-corrected chi connectivity index (χ3v) is 6.18. The molecule has 1 aromatic carbocycles. The van der Waals surface area contributed by atoms with Crippen molar-refractivity contribution in [1.29, 1.82) is 0 Å². The molecule has 0 bridgehead atoms. The number of nitrogens with zero attached hydrogens (tertiary/aromatic N) is 5. The molecule has 1 amide bonds. The lowest BCUT2D eigenvalue weighted by molar-refractivity contribution is -0.135. The lowest BCUT2D eigenvalue weighted by Gasteiger charge is -2.31. The van der Waals surface area contributed by atoms with Crippen molar-refractivity contribution in [3.63, 3.8) is 0 Å². The minimum Gasteiger partial charge on any atom is -0.336 e. The molecule has 0 aliphatic carbocycles. The number of rotatable bonds is 3. The van der Waals surface area contributed by atoms with Gasteiger partial charge >= 0.3 is 0 Å². The van der Waals surface area contributed by atoms with Gasteiger partial charge in [-0.05, 0) is 38.4 Å². The maximum Gasteiger partial charge on any atom is 0.245 e. The van der Waals surface area contributed by atoms with E-state index in [9.17, 15) is 4.79 Å². The minimum atomic E-state index is -0.294. The van der Waals surface area contributed by atoms with Gasteiger partial charge in [0.1, 0.15) is 11.9 Å². The first-order valence-electron chi connectivity index (χ1n) is 10.5. The summed E-state index contributed by atoms with van der Waals surface area (Å²) in [7, 11) is 0. The van der Waals surface area contributed by atoms with Gasteiger partial charge in [-0.1, -0.05) is 12.1 Å². The van der Waals surface area contributed by atoms with Crippen molar-refractivity contribution in [2.75, 3.05) is 19.6 Å². The van der Waals surface area contributed by atoms with Crippen LogP contribution in [0.1, 0.15) is 48.8 Å². The Labute approximate surface area is 170 Å². The van der Waals surface area contributed by atoms with Crippen molar-refractivity contribution < 1.29 is 4.79 Å². The largest absolute Gasteiger partial charge is 0.336 e. The lowest BCUT2D eigenvalue weighted by atomic mass is 9.98. The van der Waals surface area contributed by atoms with Crippen molar-refractivity contribution in [3.8, 4) is 0 Å². The smallest absolute Gasteiger partial charge is 0.245 e.